The van der Waals surface area contributed by atoms with Crippen molar-refractivity contribution in [3.05, 3.63) is 0 Å². The molecule has 1 fully saturated rings. The Morgan fingerprint density at radius 2 is 2.54 bits per heavy atom. The second-order valence-corrected chi connectivity index (χ2v) is 3.11. The zero-order valence-electron chi connectivity index (χ0n) is 7.45. The van der Waals surface area contributed by atoms with Crippen molar-refractivity contribution in [1.29, 1.82) is 0 Å². The van der Waals surface area contributed by atoms with Crippen LogP contribution in [-0.4, -0.2) is 30.5 Å². The Morgan fingerprint density at radius 3 is 3.00 bits per heavy atom. The molecule has 1 unspecified atom stereocenters. The van der Waals surface area contributed by atoms with Crippen LogP contribution in [0.25, 0.3) is 0 Å². The molecule has 1 saturated heterocycles. The van der Waals surface area contributed by atoms with Crippen molar-refractivity contribution >= 4 is 23.7 Å². The molecule has 0 aromatic carbocycles. The minimum Gasteiger partial charge on any atom is -0.427 e. The van der Waals surface area contributed by atoms with Gasteiger partial charge in [-0.1, -0.05) is 19.1 Å². The molecule has 74 valence electrons. The van der Waals surface area contributed by atoms with Crippen LogP contribution in [0.4, 0.5) is 4.79 Å². The molecule has 1 aliphatic rings. The van der Waals surface area contributed by atoms with Gasteiger partial charge in [-0.15, -0.1) is 0 Å². The molecule has 1 heterocycles. The Labute approximate surface area is 82.1 Å². The molecule has 0 radical (unpaired) electrons. The van der Waals surface area contributed by atoms with Gasteiger partial charge in [-0.3, -0.25) is 0 Å². The quantitative estimate of drug-likeness (QED) is 0.503. The number of thiocarbonyl (C=S) groups is 1. The van der Waals surface area contributed by atoms with E-state index in [1.807, 2.05) is 6.92 Å². The van der Waals surface area contributed by atoms with Crippen LogP contribution >= 0.6 is 12.2 Å². The van der Waals surface area contributed by atoms with Crippen LogP contribution in [-0.2, 0) is 14.2 Å². The second-order valence-electron chi connectivity index (χ2n) is 2.78. The Bertz CT molecular complexity index is 206. The maximum absolute atomic E-state index is 10.7. The van der Waals surface area contributed by atoms with Crippen LogP contribution in [0.1, 0.15) is 19.8 Å². The standard InChI is InChI=1S/C8H12O4S/c1-2-3-8(11-4-5-13)6-10-7(9)12-8/h5H,2-4,6H2,1H3. The molecular weight excluding hydrogens is 192 g/mol. The van der Waals surface area contributed by atoms with E-state index in [0.717, 1.165) is 6.42 Å². The maximum atomic E-state index is 10.7. The van der Waals surface area contributed by atoms with Crippen LogP contribution in [0.3, 0.4) is 0 Å². The average molecular weight is 204 g/mol. The van der Waals surface area contributed by atoms with Gasteiger partial charge in [0.2, 0.25) is 0 Å². The number of ether oxygens (including phenoxy) is 3. The summed E-state index contributed by atoms with van der Waals surface area (Å²) in [6, 6.07) is 0. The highest BCUT2D eigenvalue weighted by Gasteiger charge is 2.42. The minimum atomic E-state index is -0.902. The number of carbonyl (C=O) groups excluding carboxylic acids is 1. The summed E-state index contributed by atoms with van der Waals surface area (Å²) in [5.41, 5.74) is 0. The van der Waals surface area contributed by atoms with Gasteiger partial charge in [-0.25, -0.2) is 4.79 Å². The first-order valence-electron chi connectivity index (χ1n) is 4.16. The first-order chi connectivity index (χ1) is 6.22. The lowest BCUT2D eigenvalue weighted by molar-refractivity contribution is -0.172. The molecule has 0 amide bonds. The lowest BCUT2D eigenvalue weighted by atomic mass is 10.1. The van der Waals surface area contributed by atoms with Crippen molar-refractivity contribution in [3.63, 3.8) is 0 Å². The Hall–Kier alpha value is -0.680. The molecule has 0 aliphatic carbocycles. The van der Waals surface area contributed by atoms with E-state index < -0.39 is 11.9 Å². The smallest absolute Gasteiger partial charge is 0.427 e. The molecule has 13 heavy (non-hydrogen) atoms. The molecular formula is C8H12O4S. The van der Waals surface area contributed by atoms with E-state index in [-0.39, 0.29) is 13.2 Å². The molecule has 0 N–H and O–H groups in total. The van der Waals surface area contributed by atoms with Crippen LogP contribution in [0.15, 0.2) is 0 Å². The van der Waals surface area contributed by atoms with Crippen LogP contribution in [0.2, 0.25) is 0 Å². The van der Waals surface area contributed by atoms with Gasteiger partial charge in [-0.2, -0.15) is 0 Å². The monoisotopic (exact) mass is 204 g/mol. The van der Waals surface area contributed by atoms with Gasteiger partial charge in [0.15, 0.2) is 6.61 Å². The van der Waals surface area contributed by atoms with E-state index >= 15 is 0 Å². The number of hydrogen-bond donors (Lipinski definition) is 0. The summed E-state index contributed by atoms with van der Waals surface area (Å²) in [5.74, 6) is -0.902. The van der Waals surface area contributed by atoms with E-state index in [0.29, 0.717) is 6.42 Å². The Kier molecular flexibility index (Phi) is 3.62. The summed E-state index contributed by atoms with van der Waals surface area (Å²) < 4.78 is 14.9. The number of hydrogen-bond acceptors (Lipinski definition) is 5. The lowest BCUT2D eigenvalue weighted by Gasteiger charge is -2.23. The molecule has 1 atom stereocenters. The first-order valence-corrected chi connectivity index (χ1v) is 4.63. The van der Waals surface area contributed by atoms with E-state index in [1.54, 1.807) is 0 Å². The SMILES string of the molecule is CCCC1(OCC=S)COC(=O)O1. The number of rotatable bonds is 5. The summed E-state index contributed by atoms with van der Waals surface area (Å²) in [5, 5.41) is 1.45. The third-order valence-corrected chi connectivity index (χ3v) is 1.86. The topological polar surface area (TPSA) is 44.8 Å². The first kappa shape index (κ1) is 10.4. The van der Waals surface area contributed by atoms with Gasteiger partial charge in [0.05, 0.1) is 6.61 Å². The highest BCUT2D eigenvalue weighted by Crippen LogP contribution is 2.26. The maximum Gasteiger partial charge on any atom is 0.511 e. The molecule has 1 rings (SSSR count). The third kappa shape index (κ3) is 2.63. The van der Waals surface area contributed by atoms with Gasteiger partial charge in [0.1, 0.15) is 0 Å². The highest BCUT2D eigenvalue weighted by atomic mass is 32.1. The fraction of sp³-hybridized carbons (Fsp3) is 0.750. The lowest BCUT2D eigenvalue weighted by Crippen LogP contribution is -2.35. The summed E-state index contributed by atoms with van der Waals surface area (Å²) in [4.78, 5) is 10.7. The van der Waals surface area contributed by atoms with Gasteiger partial charge in [0.25, 0.3) is 5.79 Å². The highest BCUT2D eigenvalue weighted by molar-refractivity contribution is 7.79. The Morgan fingerprint density at radius 1 is 1.77 bits per heavy atom. The van der Waals surface area contributed by atoms with Crippen LogP contribution in [0.5, 0.6) is 0 Å². The molecule has 0 saturated carbocycles. The summed E-state index contributed by atoms with van der Waals surface area (Å²) in [7, 11) is 0. The Balaban J connectivity index is 2.53. The van der Waals surface area contributed by atoms with Crippen molar-refractivity contribution in [2.45, 2.75) is 25.6 Å². The van der Waals surface area contributed by atoms with Crippen molar-refractivity contribution in [1.82, 2.24) is 0 Å². The fourth-order valence-electron chi connectivity index (χ4n) is 1.21. The molecule has 0 spiro atoms. The number of cyclic esters (lactones) is 2. The van der Waals surface area contributed by atoms with Crippen molar-refractivity contribution in [2.24, 2.45) is 0 Å². The van der Waals surface area contributed by atoms with Gasteiger partial charge >= 0.3 is 6.16 Å². The van der Waals surface area contributed by atoms with E-state index in [9.17, 15) is 4.79 Å². The summed E-state index contributed by atoms with van der Waals surface area (Å²) in [6.45, 7) is 2.42. The van der Waals surface area contributed by atoms with Crippen molar-refractivity contribution in [2.75, 3.05) is 13.2 Å². The van der Waals surface area contributed by atoms with E-state index in [1.165, 1.54) is 5.37 Å². The molecule has 5 heteroatoms. The largest absolute Gasteiger partial charge is 0.511 e. The second kappa shape index (κ2) is 4.53. The molecule has 0 aromatic heterocycles. The van der Waals surface area contributed by atoms with Gasteiger partial charge in [0, 0.05) is 11.8 Å². The number of carbonyl (C=O) groups is 1. The zero-order chi connectivity index (χ0) is 9.73. The third-order valence-electron chi connectivity index (χ3n) is 1.72. The predicted molar refractivity (Wildman–Crippen MR) is 49.7 cm³/mol. The molecule has 0 aromatic rings. The summed E-state index contributed by atoms with van der Waals surface area (Å²) >= 11 is 4.62. The molecule has 4 nitrogen and oxygen atoms in total. The van der Waals surface area contributed by atoms with Gasteiger partial charge < -0.3 is 14.2 Å². The van der Waals surface area contributed by atoms with Crippen LogP contribution < -0.4 is 0 Å². The van der Waals surface area contributed by atoms with Gasteiger partial charge in [-0.05, 0) is 6.42 Å². The van der Waals surface area contributed by atoms with E-state index in [4.69, 9.17) is 9.47 Å². The molecule has 1 aliphatic heterocycles. The zero-order valence-corrected chi connectivity index (χ0v) is 8.26. The minimum absolute atomic E-state index is 0.156. The normalized spacial score (nSPS) is 26.7. The van der Waals surface area contributed by atoms with Crippen molar-refractivity contribution in [3.8, 4) is 0 Å². The molecule has 0 bridgehead atoms. The fourth-order valence-corrected chi connectivity index (χ4v) is 1.28. The van der Waals surface area contributed by atoms with E-state index in [2.05, 4.69) is 17.0 Å². The van der Waals surface area contributed by atoms with Crippen LogP contribution in [0, 0.1) is 0 Å². The average Bonchev–Trinajstić information content (AvgIpc) is 2.46. The van der Waals surface area contributed by atoms with Crippen molar-refractivity contribution < 1.29 is 19.0 Å². The summed E-state index contributed by atoms with van der Waals surface area (Å²) in [6.07, 6.45) is 0.813. The predicted octanol–water partition coefficient (Wildman–Crippen LogP) is 1.67.